The third-order valence-corrected chi connectivity index (χ3v) is 5.22. The van der Waals surface area contributed by atoms with E-state index in [4.69, 9.17) is 11.6 Å². The first-order valence-electron chi connectivity index (χ1n) is 9.78. The summed E-state index contributed by atoms with van der Waals surface area (Å²) in [5, 5.41) is 4.11. The van der Waals surface area contributed by atoms with Crippen LogP contribution in [-0.2, 0) is 22.4 Å². The van der Waals surface area contributed by atoms with Crippen molar-refractivity contribution in [2.75, 3.05) is 31.6 Å². The molecular weight excluding hydrogens is 372 g/mol. The summed E-state index contributed by atoms with van der Waals surface area (Å²) < 4.78 is 4.57. The molecule has 0 fully saturated rings. The number of benzene rings is 2. The molecule has 0 saturated heterocycles. The number of nitrogens with zero attached hydrogens (tertiary/aromatic N) is 1. The number of methoxy groups -OCH3 is 1. The first kappa shape index (κ1) is 20.4. The summed E-state index contributed by atoms with van der Waals surface area (Å²) in [6, 6.07) is 14.9. The molecule has 1 heterocycles. The van der Waals surface area contributed by atoms with Crippen molar-refractivity contribution >= 4 is 28.9 Å². The summed E-state index contributed by atoms with van der Waals surface area (Å²) in [4.78, 5) is 13.4. The Kier molecular flexibility index (Phi) is 7.52. The van der Waals surface area contributed by atoms with E-state index in [1.54, 1.807) is 6.08 Å². The standard InChI is InChI=1S/C23H27ClN2O2/c1-28-23(27)9-6-15-25-14-4-5-16-26-21-8-3-2-7-18(21)10-11-19-12-13-20(24)17-22(19)26/h2-3,6-9,12-13,17,25H,4-5,10-11,14-16H2,1H3/b9-6+. The lowest BCUT2D eigenvalue weighted by Crippen LogP contribution is -2.22. The molecule has 2 aromatic carbocycles. The molecule has 1 N–H and O–H groups in total. The highest BCUT2D eigenvalue weighted by Crippen LogP contribution is 2.37. The second-order valence-electron chi connectivity index (χ2n) is 6.89. The molecule has 2 aromatic rings. The van der Waals surface area contributed by atoms with Gasteiger partial charge in [0.1, 0.15) is 0 Å². The SMILES string of the molecule is COC(=O)/C=C/CNCCCCN1c2ccccc2CCc2ccc(Cl)cc21. The number of halogens is 1. The molecule has 0 bridgehead atoms. The Hall–Kier alpha value is -2.30. The van der Waals surface area contributed by atoms with Gasteiger partial charge >= 0.3 is 5.97 Å². The number of anilines is 2. The number of carbonyl (C=O) groups excluding carboxylic acids is 1. The number of para-hydroxylation sites is 1. The Morgan fingerprint density at radius 2 is 1.93 bits per heavy atom. The van der Waals surface area contributed by atoms with Crippen LogP contribution >= 0.6 is 11.6 Å². The predicted molar refractivity (Wildman–Crippen MR) is 116 cm³/mol. The highest BCUT2D eigenvalue weighted by Gasteiger charge is 2.20. The number of rotatable bonds is 8. The molecule has 0 aliphatic carbocycles. The molecule has 4 nitrogen and oxygen atoms in total. The third kappa shape index (κ3) is 5.37. The number of nitrogens with one attached hydrogen (secondary N) is 1. The number of hydrogen-bond acceptors (Lipinski definition) is 4. The van der Waals surface area contributed by atoms with E-state index in [1.165, 1.54) is 35.7 Å². The highest BCUT2D eigenvalue weighted by atomic mass is 35.5. The van der Waals surface area contributed by atoms with Gasteiger partial charge in [-0.3, -0.25) is 0 Å². The molecule has 0 unspecified atom stereocenters. The maximum Gasteiger partial charge on any atom is 0.330 e. The van der Waals surface area contributed by atoms with Crippen LogP contribution in [0.25, 0.3) is 0 Å². The van der Waals surface area contributed by atoms with Crippen molar-refractivity contribution in [3.05, 3.63) is 70.8 Å². The zero-order valence-corrected chi connectivity index (χ0v) is 17.0. The predicted octanol–water partition coefficient (Wildman–Crippen LogP) is 4.68. The second kappa shape index (κ2) is 10.3. The molecule has 0 amide bonds. The van der Waals surface area contributed by atoms with Crippen LogP contribution in [0.15, 0.2) is 54.6 Å². The van der Waals surface area contributed by atoms with Crippen molar-refractivity contribution < 1.29 is 9.53 Å². The summed E-state index contributed by atoms with van der Waals surface area (Å²) in [6.07, 6.45) is 7.44. The lowest BCUT2D eigenvalue weighted by atomic mass is 10.0. The van der Waals surface area contributed by atoms with Crippen LogP contribution < -0.4 is 10.2 Å². The van der Waals surface area contributed by atoms with Gasteiger partial charge in [-0.15, -0.1) is 0 Å². The van der Waals surface area contributed by atoms with Crippen molar-refractivity contribution in [3.8, 4) is 0 Å². The molecule has 0 radical (unpaired) electrons. The molecular formula is C23H27ClN2O2. The largest absolute Gasteiger partial charge is 0.466 e. The Bertz CT molecular complexity index is 835. The summed E-state index contributed by atoms with van der Waals surface area (Å²) in [5.41, 5.74) is 5.26. The number of hydrogen-bond donors (Lipinski definition) is 1. The van der Waals surface area contributed by atoms with E-state index in [9.17, 15) is 4.79 Å². The van der Waals surface area contributed by atoms with Crippen LogP contribution in [0.1, 0.15) is 24.0 Å². The number of fused-ring (bicyclic) bond motifs is 2. The van der Waals surface area contributed by atoms with E-state index in [-0.39, 0.29) is 5.97 Å². The Morgan fingerprint density at radius 3 is 2.75 bits per heavy atom. The van der Waals surface area contributed by atoms with Crippen LogP contribution in [0.3, 0.4) is 0 Å². The van der Waals surface area contributed by atoms with Crippen molar-refractivity contribution in [1.82, 2.24) is 5.32 Å². The molecule has 28 heavy (non-hydrogen) atoms. The molecule has 1 aliphatic heterocycles. The van der Waals surface area contributed by atoms with Crippen LogP contribution in [0, 0.1) is 0 Å². The minimum atomic E-state index is -0.320. The maximum atomic E-state index is 11.0. The fraction of sp³-hybridized carbons (Fsp3) is 0.348. The zero-order chi connectivity index (χ0) is 19.8. The van der Waals surface area contributed by atoms with Gasteiger partial charge in [0.15, 0.2) is 0 Å². The quantitative estimate of drug-likeness (QED) is 0.398. The van der Waals surface area contributed by atoms with Gasteiger partial charge in [0.2, 0.25) is 0 Å². The number of ether oxygens (including phenoxy) is 1. The van der Waals surface area contributed by atoms with Gasteiger partial charge in [0, 0.05) is 35.6 Å². The summed E-state index contributed by atoms with van der Waals surface area (Å²) in [7, 11) is 1.38. The Morgan fingerprint density at radius 1 is 1.14 bits per heavy atom. The fourth-order valence-electron chi connectivity index (χ4n) is 3.55. The fourth-order valence-corrected chi connectivity index (χ4v) is 3.72. The number of unbranched alkanes of at least 4 members (excludes halogenated alkanes) is 1. The molecule has 0 spiro atoms. The molecule has 1 aliphatic rings. The first-order valence-corrected chi connectivity index (χ1v) is 10.2. The van der Waals surface area contributed by atoms with Crippen LogP contribution in [0.5, 0.6) is 0 Å². The van der Waals surface area contributed by atoms with Crippen molar-refractivity contribution in [3.63, 3.8) is 0 Å². The van der Waals surface area contributed by atoms with Gasteiger partial charge in [-0.2, -0.15) is 0 Å². The molecule has 5 heteroatoms. The smallest absolute Gasteiger partial charge is 0.330 e. The number of esters is 1. The lowest BCUT2D eigenvalue weighted by molar-refractivity contribution is -0.134. The second-order valence-corrected chi connectivity index (χ2v) is 7.33. The lowest BCUT2D eigenvalue weighted by Gasteiger charge is -2.27. The average molecular weight is 399 g/mol. The number of carbonyl (C=O) groups is 1. The van der Waals surface area contributed by atoms with Gasteiger partial charge in [0.05, 0.1) is 7.11 Å². The van der Waals surface area contributed by atoms with Crippen LogP contribution in [0.2, 0.25) is 5.02 Å². The summed E-state index contributed by atoms with van der Waals surface area (Å²) in [6.45, 7) is 2.52. The molecule has 3 rings (SSSR count). The van der Waals surface area contributed by atoms with Gasteiger partial charge in [-0.1, -0.05) is 41.9 Å². The van der Waals surface area contributed by atoms with Gasteiger partial charge in [0.25, 0.3) is 0 Å². The average Bonchev–Trinajstić information content (AvgIpc) is 2.86. The van der Waals surface area contributed by atoms with Crippen molar-refractivity contribution in [1.29, 1.82) is 0 Å². The Balaban J connectivity index is 1.59. The molecule has 0 saturated carbocycles. The number of aryl methyl sites for hydroxylation is 2. The minimum absolute atomic E-state index is 0.320. The van der Waals surface area contributed by atoms with E-state index in [0.717, 1.165) is 43.8 Å². The Labute approximate surface area is 172 Å². The normalized spacial score (nSPS) is 13.1. The van der Waals surface area contributed by atoms with E-state index in [2.05, 4.69) is 51.4 Å². The monoisotopic (exact) mass is 398 g/mol. The summed E-state index contributed by atoms with van der Waals surface area (Å²) >= 11 is 6.31. The van der Waals surface area contributed by atoms with Gasteiger partial charge in [-0.25, -0.2) is 4.79 Å². The van der Waals surface area contributed by atoms with E-state index >= 15 is 0 Å². The van der Waals surface area contributed by atoms with Crippen molar-refractivity contribution in [2.24, 2.45) is 0 Å². The topological polar surface area (TPSA) is 41.6 Å². The van der Waals surface area contributed by atoms with Gasteiger partial charge < -0.3 is 15.0 Å². The van der Waals surface area contributed by atoms with Gasteiger partial charge in [-0.05, 0) is 61.6 Å². The van der Waals surface area contributed by atoms with Crippen LogP contribution in [-0.4, -0.2) is 32.7 Å². The van der Waals surface area contributed by atoms with E-state index in [1.807, 2.05) is 6.07 Å². The highest BCUT2D eigenvalue weighted by molar-refractivity contribution is 6.30. The molecule has 148 valence electrons. The van der Waals surface area contributed by atoms with E-state index < -0.39 is 0 Å². The first-order chi connectivity index (χ1) is 13.7. The third-order valence-electron chi connectivity index (χ3n) is 4.99. The summed E-state index contributed by atoms with van der Waals surface area (Å²) in [5.74, 6) is -0.320. The van der Waals surface area contributed by atoms with Crippen LogP contribution in [0.4, 0.5) is 11.4 Å². The minimum Gasteiger partial charge on any atom is -0.466 e. The zero-order valence-electron chi connectivity index (χ0n) is 16.3. The van der Waals surface area contributed by atoms with Crippen molar-refractivity contribution in [2.45, 2.75) is 25.7 Å². The van der Waals surface area contributed by atoms with E-state index in [0.29, 0.717) is 6.54 Å². The maximum absolute atomic E-state index is 11.0. The molecule has 0 atom stereocenters. The molecule has 0 aromatic heterocycles.